The Bertz CT molecular complexity index is 2520. The molecule has 6 aromatic rings. The molecule has 0 saturated heterocycles. The number of nitrogens with zero attached hydrogens (tertiary/aromatic N) is 1. The summed E-state index contributed by atoms with van der Waals surface area (Å²) in [4.78, 5) is 6.48. The first-order chi connectivity index (χ1) is 33.9. The molecule has 2 aliphatic rings. The Hall–Kier alpha value is -2.40. The van der Waals surface area contributed by atoms with Crippen molar-refractivity contribution in [1.29, 1.82) is 0 Å². The van der Waals surface area contributed by atoms with E-state index in [1.165, 1.54) is 235 Å². The monoisotopic (exact) mass is 986 g/mol. The number of unbranched alkanes of at least 4 members (excludes halogenated alkanes) is 22. The number of benzene rings is 2. The average molecular weight is 987 g/mol. The standard InChI is InChI=1S/C65H95NS3/c1-8-14-20-22-24-26-28-30-32-34-36-50-46-56-60(67-50)52-42-48-45-55-53(43-49(48)44-54(52)64(56,38-16-10-3)39-17-11-4)61-58(65(55,40-18-12-5)41-19-13-6)59-63(69-61)62-57(66(59)7)47-51(68-62)37-35-33-31-29-27-25-23-21-15-9-2/h42-47H,8-41H2,1-7H3. The molecular formula is C65H95NS3. The molecule has 0 amide bonds. The zero-order valence-corrected chi connectivity index (χ0v) is 47.6. The second kappa shape index (κ2) is 25.5. The summed E-state index contributed by atoms with van der Waals surface area (Å²) in [5.74, 6) is 0. The molecule has 0 atom stereocenters. The van der Waals surface area contributed by atoms with E-state index in [4.69, 9.17) is 0 Å². The van der Waals surface area contributed by atoms with Gasteiger partial charge in [-0.15, -0.1) is 34.0 Å². The highest BCUT2D eigenvalue weighted by Crippen LogP contribution is 2.63. The van der Waals surface area contributed by atoms with Crippen molar-refractivity contribution in [3.8, 4) is 20.9 Å². The molecule has 1 nitrogen and oxygen atoms in total. The van der Waals surface area contributed by atoms with Crippen LogP contribution in [0.1, 0.15) is 279 Å². The number of hydrogen-bond donors (Lipinski definition) is 0. The van der Waals surface area contributed by atoms with Gasteiger partial charge in [0.25, 0.3) is 0 Å². The number of hydrogen-bond acceptors (Lipinski definition) is 3. The fourth-order valence-corrected chi connectivity index (χ4v) is 17.5. The van der Waals surface area contributed by atoms with Gasteiger partial charge in [0.2, 0.25) is 0 Å². The van der Waals surface area contributed by atoms with Gasteiger partial charge in [-0.05, 0) is 126 Å². The van der Waals surface area contributed by atoms with Crippen molar-refractivity contribution in [2.75, 3.05) is 0 Å². The molecule has 0 N–H and O–H groups in total. The maximum atomic E-state index is 2.75. The minimum atomic E-state index is 0.0670. The largest absolute Gasteiger partial charge is 0.342 e. The highest BCUT2D eigenvalue weighted by Gasteiger charge is 2.48. The van der Waals surface area contributed by atoms with E-state index >= 15 is 0 Å². The fourth-order valence-electron chi connectivity index (χ4n) is 13.3. The third-order valence-electron chi connectivity index (χ3n) is 17.3. The number of thiophene rings is 3. The number of rotatable bonds is 34. The molecule has 378 valence electrons. The Labute approximate surface area is 434 Å². The summed E-state index contributed by atoms with van der Waals surface area (Å²) in [6, 6.07) is 16.3. The van der Waals surface area contributed by atoms with Crippen LogP contribution >= 0.6 is 34.0 Å². The van der Waals surface area contributed by atoms with Crippen LogP contribution in [0.3, 0.4) is 0 Å². The maximum Gasteiger partial charge on any atom is 0.0710 e. The van der Waals surface area contributed by atoms with E-state index in [0.717, 1.165) is 0 Å². The molecular weight excluding hydrogens is 891 g/mol. The molecule has 2 aliphatic carbocycles. The lowest BCUT2D eigenvalue weighted by atomic mass is 9.70. The van der Waals surface area contributed by atoms with Gasteiger partial charge in [-0.2, -0.15) is 0 Å². The molecule has 0 unspecified atom stereocenters. The zero-order valence-electron chi connectivity index (χ0n) is 45.2. The van der Waals surface area contributed by atoms with E-state index in [1.807, 2.05) is 0 Å². The third kappa shape index (κ3) is 11.2. The van der Waals surface area contributed by atoms with Crippen molar-refractivity contribution >= 4 is 65.2 Å². The van der Waals surface area contributed by atoms with Crippen molar-refractivity contribution in [3.05, 3.63) is 68.4 Å². The minimum absolute atomic E-state index is 0.0670. The SMILES string of the molecule is CCCCCCCCCCCCc1cc2c(s1)-c1cc3cc4c(cc3cc1C2(CCCC)CCCC)-c1sc2c3sc(CCCCCCCCCCCC)cc3n(C)c2c1C4(CCCC)CCCC. The van der Waals surface area contributed by atoms with Gasteiger partial charge in [-0.3, -0.25) is 0 Å². The highest BCUT2D eigenvalue weighted by atomic mass is 32.1. The Morgan fingerprint density at radius 1 is 0.377 bits per heavy atom. The molecule has 0 fully saturated rings. The van der Waals surface area contributed by atoms with E-state index in [9.17, 15) is 0 Å². The van der Waals surface area contributed by atoms with Crippen molar-refractivity contribution < 1.29 is 0 Å². The summed E-state index contributed by atoms with van der Waals surface area (Å²) < 4.78 is 5.79. The van der Waals surface area contributed by atoms with Crippen LogP contribution in [0.5, 0.6) is 0 Å². The first kappa shape index (κ1) is 52.9. The van der Waals surface area contributed by atoms with Crippen LogP contribution in [-0.2, 0) is 30.7 Å². The van der Waals surface area contributed by atoms with Gasteiger partial charge in [0.05, 0.1) is 20.4 Å². The number of fused-ring (bicyclic) bond motifs is 11. The van der Waals surface area contributed by atoms with Gasteiger partial charge in [0.15, 0.2) is 0 Å². The van der Waals surface area contributed by atoms with Gasteiger partial charge in [-0.1, -0.05) is 208 Å². The summed E-state index contributed by atoms with van der Waals surface area (Å²) in [5.41, 5.74) is 13.1. The highest BCUT2D eigenvalue weighted by molar-refractivity contribution is 7.29. The van der Waals surface area contributed by atoms with Gasteiger partial charge < -0.3 is 4.57 Å². The molecule has 4 heterocycles. The van der Waals surface area contributed by atoms with Crippen LogP contribution in [0.2, 0.25) is 0 Å². The van der Waals surface area contributed by atoms with Crippen LogP contribution in [0.4, 0.5) is 0 Å². The fraction of sp³-hybridized carbons (Fsp3) is 0.662. The lowest BCUT2D eigenvalue weighted by Gasteiger charge is -2.33. The van der Waals surface area contributed by atoms with Gasteiger partial charge >= 0.3 is 0 Å². The van der Waals surface area contributed by atoms with Crippen molar-refractivity contribution in [2.45, 2.75) is 271 Å². The normalized spacial score (nSPS) is 14.5. The first-order valence-corrected chi connectivity index (χ1v) is 32.1. The summed E-state index contributed by atoms with van der Waals surface area (Å²) in [6.07, 6.45) is 45.9. The van der Waals surface area contributed by atoms with Crippen LogP contribution in [0.15, 0.2) is 36.4 Å². The van der Waals surface area contributed by atoms with E-state index < -0.39 is 0 Å². The lowest BCUT2D eigenvalue weighted by molar-refractivity contribution is 0.415. The molecule has 0 bridgehead atoms. The predicted molar refractivity (Wildman–Crippen MR) is 313 cm³/mol. The van der Waals surface area contributed by atoms with Crippen molar-refractivity contribution in [3.63, 3.8) is 0 Å². The van der Waals surface area contributed by atoms with Crippen LogP contribution in [0, 0.1) is 0 Å². The molecule has 0 saturated carbocycles. The average Bonchev–Trinajstić information content (AvgIpc) is 4.20. The summed E-state index contributed by atoms with van der Waals surface area (Å²) >= 11 is 6.47. The summed E-state index contributed by atoms with van der Waals surface area (Å²) in [5, 5.41) is 2.97. The first-order valence-electron chi connectivity index (χ1n) is 29.7. The van der Waals surface area contributed by atoms with Crippen molar-refractivity contribution in [1.82, 2.24) is 4.57 Å². The van der Waals surface area contributed by atoms with Crippen LogP contribution in [-0.4, -0.2) is 4.57 Å². The van der Waals surface area contributed by atoms with Crippen LogP contribution < -0.4 is 0 Å². The molecule has 0 spiro atoms. The molecule has 4 aromatic heterocycles. The van der Waals surface area contributed by atoms with E-state index in [1.54, 1.807) is 67.8 Å². The molecule has 2 aromatic carbocycles. The topological polar surface area (TPSA) is 4.93 Å². The molecule has 0 radical (unpaired) electrons. The second-order valence-electron chi connectivity index (χ2n) is 22.5. The smallest absolute Gasteiger partial charge is 0.0710 e. The maximum absolute atomic E-state index is 2.75. The van der Waals surface area contributed by atoms with Gasteiger partial charge in [0.1, 0.15) is 0 Å². The van der Waals surface area contributed by atoms with E-state index in [0.29, 0.717) is 0 Å². The van der Waals surface area contributed by atoms with Gasteiger partial charge in [-0.25, -0.2) is 0 Å². The minimum Gasteiger partial charge on any atom is -0.342 e. The predicted octanol–water partition coefficient (Wildman–Crippen LogP) is 22.9. The molecule has 0 aliphatic heterocycles. The molecule has 8 rings (SSSR count). The number of aromatic nitrogens is 1. The Morgan fingerprint density at radius 3 is 1.29 bits per heavy atom. The van der Waals surface area contributed by atoms with E-state index in [2.05, 4.69) is 124 Å². The zero-order chi connectivity index (χ0) is 48.2. The summed E-state index contributed by atoms with van der Waals surface area (Å²) in [6.45, 7) is 14.3. The quantitative estimate of drug-likeness (QED) is 0.0355. The molecule has 4 heteroatoms. The van der Waals surface area contributed by atoms with Gasteiger partial charge in [0, 0.05) is 42.9 Å². The Balaban J connectivity index is 1.11. The Kier molecular flexibility index (Phi) is 19.6. The number of aryl methyl sites for hydroxylation is 3. The third-order valence-corrected chi connectivity index (χ3v) is 21.1. The van der Waals surface area contributed by atoms with E-state index in [-0.39, 0.29) is 10.8 Å². The summed E-state index contributed by atoms with van der Waals surface area (Å²) in [7, 11) is 2.42. The van der Waals surface area contributed by atoms with Crippen molar-refractivity contribution in [2.24, 2.45) is 7.05 Å². The van der Waals surface area contributed by atoms with Crippen LogP contribution in [0.25, 0.3) is 52.1 Å². The second-order valence-corrected chi connectivity index (χ2v) is 25.8. The molecule has 69 heavy (non-hydrogen) atoms. The lowest BCUT2D eigenvalue weighted by Crippen LogP contribution is -2.26. The Morgan fingerprint density at radius 2 is 0.797 bits per heavy atom.